The molecule has 2 aromatic carbocycles. The van der Waals surface area contributed by atoms with Crippen molar-refractivity contribution in [2.24, 2.45) is 0 Å². The Bertz CT molecular complexity index is 886. The second-order valence-corrected chi connectivity index (χ2v) is 6.69. The molecule has 2 amide bonds. The number of methoxy groups -OCH3 is 1. The summed E-state index contributed by atoms with van der Waals surface area (Å²) in [7, 11) is 1.54. The zero-order valence-corrected chi connectivity index (χ0v) is 15.6. The summed E-state index contributed by atoms with van der Waals surface area (Å²) < 4.78 is 31.6. The molecular weight excluding hydrogens is 366 g/mol. The van der Waals surface area contributed by atoms with E-state index in [4.69, 9.17) is 4.74 Å². The van der Waals surface area contributed by atoms with E-state index in [0.29, 0.717) is 35.7 Å². The maximum atomic E-state index is 13.3. The van der Waals surface area contributed by atoms with Crippen LogP contribution < -0.4 is 15.0 Å². The van der Waals surface area contributed by atoms with Gasteiger partial charge in [-0.05, 0) is 55.2 Å². The number of nitrogens with one attached hydrogen (secondary N) is 1. The number of piperidine rings is 1. The predicted octanol–water partition coefficient (Wildman–Crippen LogP) is 4.06. The Labute approximate surface area is 162 Å². The highest BCUT2D eigenvalue weighted by atomic mass is 19.2. The number of anilines is 2. The summed E-state index contributed by atoms with van der Waals surface area (Å²) in [6.07, 6.45) is 2.69. The first kappa shape index (κ1) is 19.8. The van der Waals surface area contributed by atoms with Gasteiger partial charge in [0.1, 0.15) is 5.75 Å². The smallest absolute Gasteiger partial charge is 0.227 e. The van der Waals surface area contributed by atoms with Crippen LogP contribution in [-0.2, 0) is 16.0 Å². The first-order valence-electron chi connectivity index (χ1n) is 9.20. The molecule has 1 heterocycles. The molecule has 1 aliphatic rings. The van der Waals surface area contributed by atoms with Crippen molar-refractivity contribution >= 4 is 23.2 Å². The molecule has 0 bridgehead atoms. The number of carbonyl (C=O) groups is 2. The van der Waals surface area contributed by atoms with Crippen LogP contribution in [0.25, 0.3) is 0 Å². The first-order chi connectivity index (χ1) is 13.5. The summed E-state index contributed by atoms with van der Waals surface area (Å²) in [6.45, 7) is 0.614. The molecule has 0 unspecified atom stereocenters. The molecule has 2 aromatic rings. The third-order valence-corrected chi connectivity index (χ3v) is 4.70. The van der Waals surface area contributed by atoms with Gasteiger partial charge in [-0.3, -0.25) is 9.59 Å². The van der Waals surface area contributed by atoms with Gasteiger partial charge in [0.15, 0.2) is 11.6 Å². The predicted molar refractivity (Wildman–Crippen MR) is 103 cm³/mol. The lowest BCUT2D eigenvalue weighted by Crippen LogP contribution is -2.35. The molecule has 0 spiro atoms. The molecule has 1 aliphatic heterocycles. The number of halogens is 2. The zero-order valence-electron chi connectivity index (χ0n) is 15.6. The number of amides is 2. The van der Waals surface area contributed by atoms with Gasteiger partial charge < -0.3 is 15.0 Å². The Morgan fingerprint density at radius 3 is 2.68 bits per heavy atom. The Kier molecular flexibility index (Phi) is 6.23. The number of hydrogen-bond acceptors (Lipinski definition) is 3. The van der Waals surface area contributed by atoms with Crippen LogP contribution in [0.15, 0.2) is 36.4 Å². The molecule has 7 heteroatoms. The minimum Gasteiger partial charge on any atom is -0.495 e. The van der Waals surface area contributed by atoms with Crippen molar-refractivity contribution in [2.75, 3.05) is 23.9 Å². The lowest BCUT2D eigenvalue weighted by Gasteiger charge is -2.28. The van der Waals surface area contributed by atoms with E-state index in [1.165, 1.54) is 13.2 Å². The van der Waals surface area contributed by atoms with E-state index in [1.54, 1.807) is 23.1 Å². The van der Waals surface area contributed by atoms with E-state index in [0.717, 1.165) is 25.0 Å². The maximum absolute atomic E-state index is 13.3. The third kappa shape index (κ3) is 4.65. The monoisotopic (exact) mass is 388 g/mol. The quantitative estimate of drug-likeness (QED) is 0.812. The van der Waals surface area contributed by atoms with Gasteiger partial charge in [0, 0.05) is 25.1 Å². The van der Waals surface area contributed by atoms with E-state index in [-0.39, 0.29) is 24.7 Å². The van der Waals surface area contributed by atoms with E-state index in [9.17, 15) is 18.4 Å². The van der Waals surface area contributed by atoms with E-state index in [2.05, 4.69) is 5.32 Å². The van der Waals surface area contributed by atoms with E-state index in [1.807, 2.05) is 0 Å². The van der Waals surface area contributed by atoms with Gasteiger partial charge in [-0.15, -0.1) is 0 Å². The van der Waals surface area contributed by atoms with Crippen molar-refractivity contribution < 1.29 is 23.1 Å². The van der Waals surface area contributed by atoms with Gasteiger partial charge in [-0.1, -0.05) is 6.07 Å². The molecule has 1 fully saturated rings. The van der Waals surface area contributed by atoms with Crippen LogP contribution in [0.5, 0.6) is 5.75 Å². The van der Waals surface area contributed by atoms with Gasteiger partial charge in [0.25, 0.3) is 0 Å². The van der Waals surface area contributed by atoms with Crippen molar-refractivity contribution in [1.82, 2.24) is 0 Å². The standard InChI is InChI=1S/C21H22F2N2O3/c1-28-19-9-7-15(13-18(19)25-11-3-2-4-21(25)27)24-20(26)10-6-14-5-8-16(22)17(23)12-14/h5,7-9,12-13H,2-4,6,10-11H2,1H3,(H,24,26). The van der Waals surface area contributed by atoms with Crippen LogP contribution in [0.4, 0.5) is 20.2 Å². The Morgan fingerprint density at radius 1 is 1.14 bits per heavy atom. The SMILES string of the molecule is COc1ccc(NC(=O)CCc2ccc(F)c(F)c2)cc1N1CCCCC1=O. The van der Waals surface area contributed by atoms with Gasteiger partial charge >= 0.3 is 0 Å². The third-order valence-electron chi connectivity index (χ3n) is 4.70. The molecule has 28 heavy (non-hydrogen) atoms. The highest BCUT2D eigenvalue weighted by molar-refractivity contribution is 5.97. The highest BCUT2D eigenvalue weighted by Crippen LogP contribution is 2.33. The summed E-state index contributed by atoms with van der Waals surface area (Å²) >= 11 is 0. The minimum atomic E-state index is -0.927. The number of carbonyl (C=O) groups excluding carboxylic acids is 2. The van der Waals surface area contributed by atoms with Gasteiger partial charge in [0.05, 0.1) is 12.8 Å². The number of ether oxygens (including phenoxy) is 1. The number of benzene rings is 2. The van der Waals surface area contributed by atoms with Crippen molar-refractivity contribution in [1.29, 1.82) is 0 Å². The van der Waals surface area contributed by atoms with Crippen LogP contribution >= 0.6 is 0 Å². The molecule has 0 aliphatic carbocycles. The fourth-order valence-corrected chi connectivity index (χ4v) is 3.22. The fourth-order valence-electron chi connectivity index (χ4n) is 3.22. The molecule has 0 aromatic heterocycles. The van der Waals surface area contributed by atoms with Crippen molar-refractivity contribution in [2.45, 2.75) is 32.1 Å². The van der Waals surface area contributed by atoms with E-state index < -0.39 is 11.6 Å². The highest BCUT2D eigenvalue weighted by Gasteiger charge is 2.23. The van der Waals surface area contributed by atoms with Crippen LogP contribution in [0.3, 0.4) is 0 Å². The van der Waals surface area contributed by atoms with Crippen molar-refractivity contribution in [3.63, 3.8) is 0 Å². The van der Waals surface area contributed by atoms with E-state index >= 15 is 0 Å². The summed E-state index contributed by atoms with van der Waals surface area (Å²) in [5.74, 6) is -1.50. The van der Waals surface area contributed by atoms with Gasteiger partial charge in [0.2, 0.25) is 11.8 Å². The lowest BCUT2D eigenvalue weighted by molar-refractivity contribution is -0.119. The molecule has 0 radical (unpaired) electrons. The molecule has 0 saturated carbocycles. The number of aryl methyl sites for hydroxylation is 1. The summed E-state index contributed by atoms with van der Waals surface area (Å²) in [5.41, 5.74) is 1.72. The normalized spacial score (nSPS) is 14.1. The van der Waals surface area contributed by atoms with Crippen LogP contribution in [0, 0.1) is 11.6 Å². The van der Waals surface area contributed by atoms with Crippen molar-refractivity contribution in [3.8, 4) is 5.75 Å². The molecular formula is C21H22F2N2O3. The Morgan fingerprint density at radius 2 is 1.96 bits per heavy atom. The lowest BCUT2D eigenvalue weighted by atomic mass is 10.1. The van der Waals surface area contributed by atoms with Crippen molar-refractivity contribution in [3.05, 3.63) is 53.6 Å². The topological polar surface area (TPSA) is 58.6 Å². The first-order valence-corrected chi connectivity index (χ1v) is 9.20. The van der Waals surface area contributed by atoms with Crippen LogP contribution in [-0.4, -0.2) is 25.5 Å². The minimum absolute atomic E-state index is 0.0337. The largest absolute Gasteiger partial charge is 0.495 e. The summed E-state index contributed by atoms with van der Waals surface area (Å²) in [5, 5.41) is 2.78. The second-order valence-electron chi connectivity index (χ2n) is 6.69. The molecule has 148 valence electrons. The van der Waals surface area contributed by atoms with Crippen LogP contribution in [0.1, 0.15) is 31.2 Å². The fraction of sp³-hybridized carbons (Fsp3) is 0.333. The molecule has 0 atom stereocenters. The molecule has 1 saturated heterocycles. The van der Waals surface area contributed by atoms with Gasteiger partial charge in [-0.25, -0.2) is 8.78 Å². The average Bonchev–Trinajstić information content (AvgIpc) is 2.69. The number of rotatable bonds is 6. The van der Waals surface area contributed by atoms with Gasteiger partial charge in [-0.2, -0.15) is 0 Å². The molecule has 5 nitrogen and oxygen atoms in total. The van der Waals surface area contributed by atoms with Crippen LogP contribution in [0.2, 0.25) is 0 Å². The number of hydrogen-bond donors (Lipinski definition) is 1. The molecule has 1 N–H and O–H groups in total. The summed E-state index contributed by atoms with van der Waals surface area (Å²) in [6, 6.07) is 8.73. The Balaban J connectivity index is 1.67. The molecule has 3 rings (SSSR count). The second kappa shape index (κ2) is 8.82. The average molecular weight is 388 g/mol. The zero-order chi connectivity index (χ0) is 20.1. The Hall–Kier alpha value is -2.96. The summed E-state index contributed by atoms with van der Waals surface area (Å²) in [4.78, 5) is 26.2. The number of nitrogens with zero attached hydrogens (tertiary/aromatic N) is 1. The maximum Gasteiger partial charge on any atom is 0.227 e.